The highest BCUT2D eigenvalue weighted by atomic mass is 32.2. The maximum Gasteiger partial charge on any atom is 0.293 e. The third kappa shape index (κ3) is 10.6. The summed E-state index contributed by atoms with van der Waals surface area (Å²) in [5.41, 5.74) is 3.03. The number of rotatable bonds is 16. The number of nitrogens with zero attached hydrogens (tertiary/aromatic N) is 6. The topological polar surface area (TPSA) is 155 Å². The number of para-hydroxylation sites is 1. The van der Waals surface area contributed by atoms with Crippen LogP contribution in [0.4, 0.5) is 17.1 Å². The predicted octanol–water partition coefficient (Wildman–Crippen LogP) is 5.52. The molecule has 7 rings (SSSR count). The van der Waals surface area contributed by atoms with Gasteiger partial charge in [0, 0.05) is 92.6 Å². The molecule has 16 heteroatoms. The number of nitro benzene ring substituents is 1. The summed E-state index contributed by atoms with van der Waals surface area (Å²) in [4.78, 5) is 32.5. The van der Waals surface area contributed by atoms with Crippen molar-refractivity contribution in [1.82, 2.24) is 24.3 Å². The number of carbonyl (C=O) groups is 1. The number of nitrogens with one attached hydrogen (secondary N) is 2. The molecule has 298 valence electrons. The lowest BCUT2D eigenvalue weighted by atomic mass is 10.1. The van der Waals surface area contributed by atoms with E-state index in [-0.39, 0.29) is 22.2 Å². The Bertz CT molecular complexity index is 2210. The van der Waals surface area contributed by atoms with Crippen molar-refractivity contribution in [3.8, 4) is 5.69 Å². The van der Waals surface area contributed by atoms with Gasteiger partial charge in [-0.3, -0.25) is 24.7 Å². The zero-order chi connectivity index (χ0) is 39.6. The first kappa shape index (κ1) is 40.0. The summed E-state index contributed by atoms with van der Waals surface area (Å²) in [5, 5.41) is 20.1. The summed E-state index contributed by atoms with van der Waals surface area (Å²) in [6.07, 6.45) is 2.53. The Hall–Kier alpha value is -5.26. The standard InChI is InChI=1S/C41H46N8O6S2/c50-41(32-11-13-34(14-12-32)47-23-21-46(22-24-47)30-36-17-19-42-48(36)35-7-3-1-4-8-35)44-57(53,54)38-15-16-39(40(29-38)49(51)52)43-33(18-20-45-25-27-55-28-26-45)31-56-37-9-5-2-6-10-37/h1-17,19,29,33,43H,18,20-28,30-31H2,(H,44,50)/t33-/m1/s1. The Kier molecular flexibility index (Phi) is 13.2. The van der Waals surface area contributed by atoms with Crippen molar-refractivity contribution in [1.29, 1.82) is 0 Å². The number of hydrogen-bond donors (Lipinski definition) is 2. The van der Waals surface area contributed by atoms with Crippen LogP contribution in [-0.2, 0) is 21.3 Å². The molecular formula is C41H46N8O6S2. The van der Waals surface area contributed by atoms with Gasteiger partial charge in [-0.05, 0) is 73.2 Å². The number of aromatic nitrogens is 2. The number of hydrogen-bond acceptors (Lipinski definition) is 12. The summed E-state index contributed by atoms with van der Waals surface area (Å²) in [5.74, 6) is -0.189. The second kappa shape index (κ2) is 18.8. The second-order valence-electron chi connectivity index (χ2n) is 14.0. The normalized spacial score (nSPS) is 15.9. The molecule has 2 N–H and O–H groups in total. The maximum absolute atomic E-state index is 13.4. The monoisotopic (exact) mass is 810 g/mol. The highest BCUT2D eigenvalue weighted by Crippen LogP contribution is 2.30. The van der Waals surface area contributed by atoms with E-state index >= 15 is 0 Å². The van der Waals surface area contributed by atoms with Gasteiger partial charge in [0.05, 0.1) is 34.4 Å². The van der Waals surface area contributed by atoms with Gasteiger partial charge in [0.2, 0.25) is 0 Å². The number of piperazine rings is 1. The summed E-state index contributed by atoms with van der Waals surface area (Å²) in [6.45, 7) is 7.77. The summed E-state index contributed by atoms with van der Waals surface area (Å²) < 4.78 is 36.4. The fourth-order valence-corrected chi connectivity index (χ4v) is 8.94. The summed E-state index contributed by atoms with van der Waals surface area (Å²) in [6, 6.07) is 32.3. The van der Waals surface area contributed by atoms with Gasteiger partial charge in [-0.15, -0.1) is 11.8 Å². The fraction of sp³-hybridized carbons (Fsp3) is 0.317. The quantitative estimate of drug-likeness (QED) is 0.0733. The van der Waals surface area contributed by atoms with Crippen LogP contribution < -0.4 is 14.9 Å². The van der Waals surface area contributed by atoms with E-state index in [0.717, 1.165) is 80.4 Å². The third-order valence-electron chi connectivity index (χ3n) is 10.1. The van der Waals surface area contributed by atoms with E-state index in [0.29, 0.717) is 25.4 Å². The summed E-state index contributed by atoms with van der Waals surface area (Å²) >= 11 is 1.64. The van der Waals surface area contributed by atoms with E-state index < -0.39 is 26.5 Å². The maximum atomic E-state index is 13.4. The molecule has 3 heterocycles. The lowest BCUT2D eigenvalue weighted by Gasteiger charge is -2.36. The van der Waals surface area contributed by atoms with E-state index in [9.17, 15) is 23.3 Å². The van der Waals surface area contributed by atoms with Crippen molar-refractivity contribution >= 4 is 44.8 Å². The van der Waals surface area contributed by atoms with Crippen LogP contribution in [0.1, 0.15) is 22.5 Å². The lowest BCUT2D eigenvalue weighted by Crippen LogP contribution is -2.46. The Morgan fingerprint density at radius 2 is 1.54 bits per heavy atom. The van der Waals surface area contributed by atoms with Gasteiger partial charge in [0.15, 0.2) is 0 Å². The molecule has 0 bridgehead atoms. The first-order valence-electron chi connectivity index (χ1n) is 19.0. The molecule has 0 spiro atoms. The zero-order valence-electron chi connectivity index (χ0n) is 31.5. The molecule has 2 aliphatic heterocycles. The Morgan fingerprint density at radius 1 is 0.842 bits per heavy atom. The van der Waals surface area contributed by atoms with Gasteiger partial charge in [-0.1, -0.05) is 36.4 Å². The van der Waals surface area contributed by atoms with Crippen molar-refractivity contribution < 1.29 is 22.9 Å². The number of sulfonamides is 1. The number of morpholine rings is 1. The van der Waals surface area contributed by atoms with Gasteiger partial charge in [-0.25, -0.2) is 17.8 Å². The first-order valence-corrected chi connectivity index (χ1v) is 21.4. The molecule has 1 aromatic heterocycles. The number of nitro groups is 1. The largest absolute Gasteiger partial charge is 0.379 e. The molecule has 4 aromatic carbocycles. The van der Waals surface area contributed by atoms with Gasteiger partial charge in [-0.2, -0.15) is 5.10 Å². The minimum atomic E-state index is -4.44. The fourth-order valence-electron chi connectivity index (χ4n) is 6.95. The van der Waals surface area contributed by atoms with Crippen LogP contribution in [0, 0.1) is 10.1 Å². The van der Waals surface area contributed by atoms with Crippen molar-refractivity contribution in [2.24, 2.45) is 0 Å². The van der Waals surface area contributed by atoms with Crippen molar-refractivity contribution in [2.45, 2.75) is 28.8 Å². The molecule has 14 nitrogen and oxygen atoms in total. The third-order valence-corrected chi connectivity index (χ3v) is 12.6. The first-order chi connectivity index (χ1) is 27.7. The van der Waals surface area contributed by atoms with Crippen LogP contribution in [0.3, 0.4) is 0 Å². The van der Waals surface area contributed by atoms with Crippen LogP contribution in [0.2, 0.25) is 0 Å². The molecule has 0 radical (unpaired) electrons. The number of amides is 1. The molecular weight excluding hydrogens is 765 g/mol. The highest BCUT2D eigenvalue weighted by Gasteiger charge is 2.26. The molecule has 1 atom stereocenters. The van der Waals surface area contributed by atoms with E-state index in [1.54, 1.807) is 36.0 Å². The number of anilines is 2. The zero-order valence-corrected chi connectivity index (χ0v) is 33.1. The average molecular weight is 811 g/mol. The molecule has 2 fully saturated rings. The van der Waals surface area contributed by atoms with Crippen LogP contribution >= 0.6 is 11.8 Å². The van der Waals surface area contributed by atoms with Crippen LogP contribution in [-0.4, -0.2) is 110 Å². The molecule has 0 aliphatic carbocycles. The van der Waals surface area contributed by atoms with Crippen LogP contribution in [0.25, 0.3) is 5.69 Å². The highest BCUT2D eigenvalue weighted by molar-refractivity contribution is 7.99. The Labute approximate surface area is 337 Å². The molecule has 5 aromatic rings. The van der Waals surface area contributed by atoms with Crippen LogP contribution in [0.15, 0.2) is 125 Å². The molecule has 0 unspecified atom stereocenters. The van der Waals surface area contributed by atoms with Crippen molar-refractivity contribution in [3.63, 3.8) is 0 Å². The average Bonchev–Trinajstić information content (AvgIpc) is 3.71. The molecule has 2 aliphatic rings. The Balaban J connectivity index is 0.957. The SMILES string of the molecule is O=C(NS(=O)(=O)c1ccc(N[C@H](CCN2CCOCC2)CSc2ccccc2)c([N+](=O)[O-])c1)c1ccc(N2CCN(Cc3ccnn3-c3ccccc3)CC2)cc1. The minimum absolute atomic E-state index is 0.152. The number of carbonyl (C=O) groups excluding carboxylic acids is 1. The molecule has 57 heavy (non-hydrogen) atoms. The van der Waals surface area contributed by atoms with Crippen molar-refractivity contribution in [2.75, 3.05) is 75.0 Å². The molecule has 0 saturated carbocycles. The van der Waals surface area contributed by atoms with E-state index in [1.165, 1.54) is 12.1 Å². The van der Waals surface area contributed by atoms with Crippen molar-refractivity contribution in [3.05, 3.63) is 137 Å². The number of benzene rings is 4. The minimum Gasteiger partial charge on any atom is -0.379 e. The molecule has 2 saturated heterocycles. The van der Waals surface area contributed by atoms with E-state index in [2.05, 4.69) is 29.8 Å². The molecule has 1 amide bonds. The van der Waals surface area contributed by atoms with Gasteiger partial charge >= 0.3 is 0 Å². The smallest absolute Gasteiger partial charge is 0.293 e. The summed E-state index contributed by atoms with van der Waals surface area (Å²) in [7, 11) is -4.44. The van der Waals surface area contributed by atoms with E-state index in [1.807, 2.05) is 77.6 Å². The Morgan fingerprint density at radius 3 is 2.25 bits per heavy atom. The number of ether oxygens (including phenoxy) is 1. The lowest BCUT2D eigenvalue weighted by molar-refractivity contribution is -0.384. The van der Waals surface area contributed by atoms with E-state index in [4.69, 9.17) is 4.74 Å². The van der Waals surface area contributed by atoms with Gasteiger partial charge < -0.3 is 15.0 Å². The van der Waals surface area contributed by atoms with Gasteiger partial charge in [0.1, 0.15) is 5.69 Å². The van der Waals surface area contributed by atoms with Crippen LogP contribution in [0.5, 0.6) is 0 Å². The predicted molar refractivity (Wildman–Crippen MR) is 222 cm³/mol. The number of thioether (sulfide) groups is 1. The van der Waals surface area contributed by atoms with Gasteiger partial charge in [0.25, 0.3) is 21.6 Å². The second-order valence-corrected chi connectivity index (χ2v) is 16.7.